The van der Waals surface area contributed by atoms with Crippen molar-refractivity contribution in [1.82, 2.24) is 15.1 Å². The van der Waals surface area contributed by atoms with Gasteiger partial charge in [-0.25, -0.2) is 0 Å². The highest BCUT2D eigenvalue weighted by atomic mass is 16.2. The average molecular weight is 328 g/mol. The van der Waals surface area contributed by atoms with Crippen LogP contribution in [-0.4, -0.2) is 60.9 Å². The van der Waals surface area contributed by atoms with Gasteiger partial charge in [0, 0.05) is 39.1 Å². The van der Waals surface area contributed by atoms with Gasteiger partial charge >= 0.3 is 0 Å². The highest BCUT2D eigenvalue weighted by Gasteiger charge is 2.21. The molecule has 1 aromatic carbocycles. The summed E-state index contributed by atoms with van der Waals surface area (Å²) in [6.45, 7) is 5.77. The van der Waals surface area contributed by atoms with Gasteiger partial charge in [-0.05, 0) is 31.0 Å². The molecular formula is C18H24N4O2. The van der Waals surface area contributed by atoms with Crippen molar-refractivity contribution in [3.63, 3.8) is 0 Å². The maximum Gasteiger partial charge on any atom is 0.234 e. The van der Waals surface area contributed by atoms with Crippen molar-refractivity contribution >= 4 is 11.8 Å². The molecule has 0 bridgehead atoms. The van der Waals surface area contributed by atoms with E-state index < -0.39 is 0 Å². The Morgan fingerprint density at radius 1 is 1.17 bits per heavy atom. The number of amides is 2. The first kappa shape index (κ1) is 18.0. The van der Waals surface area contributed by atoms with E-state index >= 15 is 0 Å². The van der Waals surface area contributed by atoms with Crippen LogP contribution >= 0.6 is 0 Å². The molecule has 24 heavy (non-hydrogen) atoms. The molecule has 0 unspecified atom stereocenters. The number of nitrogens with one attached hydrogen (secondary N) is 1. The van der Waals surface area contributed by atoms with Crippen molar-refractivity contribution in [2.45, 2.75) is 19.8 Å². The summed E-state index contributed by atoms with van der Waals surface area (Å²) >= 11 is 0. The van der Waals surface area contributed by atoms with Gasteiger partial charge < -0.3 is 10.2 Å². The summed E-state index contributed by atoms with van der Waals surface area (Å²) in [5, 5.41) is 11.6. The van der Waals surface area contributed by atoms with Crippen LogP contribution in [0.3, 0.4) is 0 Å². The van der Waals surface area contributed by atoms with Gasteiger partial charge in [0.2, 0.25) is 11.8 Å². The molecule has 0 spiro atoms. The smallest absolute Gasteiger partial charge is 0.234 e. The minimum atomic E-state index is 0.0399. The summed E-state index contributed by atoms with van der Waals surface area (Å²) < 4.78 is 0. The van der Waals surface area contributed by atoms with Crippen LogP contribution in [0, 0.1) is 11.3 Å². The second-order valence-electron chi connectivity index (χ2n) is 5.92. The predicted molar refractivity (Wildman–Crippen MR) is 91.2 cm³/mol. The molecule has 128 valence electrons. The van der Waals surface area contributed by atoms with Crippen LogP contribution in [-0.2, 0) is 16.0 Å². The number of benzene rings is 1. The van der Waals surface area contributed by atoms with E-state index in [1.807, 2.05) is 24.0 Å². The van der Waals surface area contributed by atoms with Crippen molar-refractivity contribution < 1.29 is 9.59 Å². The van der Waals surface area contributed by atoms with Crippen LogP contribution in [0.2, 0.25) is 0 Å². The number of piperazine rings is 1. The molecule has 6 nitrogen and oxygen atoms in total. The van der Waals surface area contributed by atoms with Gasteiger partial charge in [0.25, 0.3) is 0 Å². The Bertz CT molecular complexity index is 598. The molecule has 0 aliphatic carbocycles. The predicted octanol–water partition coefficient (Wildman–Crippen LogP) is 0.771. The fraction of sp³-hybridized carbons (Fsp3) is 0.500. The highest BCUT2D eigenvalue weighted by molar-refractivity contribution is 5.78. The van der Waals surface area contributed by atoms with E-state index in [0.29, 0.717) is 44.6 Å². The third kappa shape index (κ3) is 5.36. The number of likely N-dealkylation sites (N-methyl/N-ethyl adjacent to an activating group) is 1. The van der Waals surface area contributed by atoms with Crippen molar-refractivity contribution in [2.24, 2.45) is 0 Å². The molecule has 2 rings (SSSR count). The molecule has 1 aliphatic heterocycles. The molecule has 1 heterocycles. The number of nitrogens with zero attached hydrogens (tertiary/aromatic N) is 3. The highest BCUT2D eigenvalue weighted by Crippen LogP contribution is 2.09. The third-order valence-corrected chi connectivity index (χ3v) is 4.18. The zero-order chi connectivity index (χ0) is 17.4. The van der Waals surface area contributed by atoms with Gasteiger partial charge in [0.15, 0.2) is 0 Å². The lowest BCUT2D eigenvalue weighted by Crippen LogP contribution is -2.51. The molecule has 0 radical (unpaired) electrons. The monoisotopic (exact) mass is 328 g/mol. The molecule has 0 atom stereocenters. The molecule has 1 aliphatic rings. The van der Waals surface area contributed by atoms with E-state index in [4.69, 9.17) is 5.26 Å². The van der Waals surface area contributed by atoms with Crippen LogP contribution in [0.15, 0.2) is 24.3 Å². The largest absolute Gasteiger partial charge is 0.355 e. The van der Waals surface area contributed by atoms with Crippen molar-refractivity contribution in [3.8, 4) is 6.07 Å². The second kappa shape index (κ2) is 9.04. The molecular weight excluding hydrogens is 304 g/mol. The topological polar surface area (TPSA) is 76.4 Å². The third-order valence-electron chi connectivity index (χ3n) is 4.18. The number of nitriles is 1. The Morgan fingerprint density at radius 3 is 2.42 bits per heavy atom. The molecule has 1 aromatic rings. The Kier molecular flexibility index (Phi) is 6.76. The molecule has 2 amide bonds. The second-order valence-corrected chi connectivity index (χ2v) is 5.92. The van der Waals surface area contributed by atoms with Gasteiger partial charge in [-0.2, -0.15) is 5.26 Å². The normalized spacial score (nSPS) is 14.9. The fourth-order valence-electron chi connectivity index (χ4n) is 2.77. The summed E-state index contributed by atoms with van der Waals surface area (Å²) in [5.74, 6) is 0.190. The maximum absolute atomic E-state index is 12.3. The molecule has 1 fully saturated rings. The van der Waals surface area contributed by atoms with Crippen molar-refractivity contribution in [3.05, 3.63) is 35.4 Å². The van der Waals surface area contributed by atoms with Crippen LogP contribution in [0.1, 0.15) is 24.5 Å². The number of aryl methyl sites for hydroxylation is 1. The Labute approximate surface area is 143 Å². The van der Waals surface area contributed by atoms with Gasteiger partial charge in [0.1, 0.15) is 0 Å². The standard InChI is InChI=1S/C18H24N4O2/c1-2-20-17(23)14-21-9-11-22(12-10-21)18(24)8-7-15-3-5-16(13-19)6-4-15/h3-6H,2,7-12,14H2,1H3,(H,20,23). The first-order chi connectivity index (χ1) is 11.6. The molecule has 0 aromatic heterocycles. The number of hydrogen-bond donors (Lipinski definition) is 1. The average Bonchev–Trinajstić information content (AvgIpc) is 2.61. The van der Waals surface area contributed by atoms with Gasteiger partial charge in [-0.1, -0.05) is 12.1 Å². The summed E-state index contributed by atoms with van der Waals surface area (Å²) in [7, 11) is 0. The summed E-state index contributed by atoms with van der Waals surface area (Å²) in [6, 6.07) is 9.44. The lowest BCUT2D eigenvalue weighted by atomic mass is 10.1. The Hall–Kier alpha value is -2.39. The fourth-order valence-corrected chi connectivity index (χ4v) is 2.77. The number of carbonyl (C=O) groups is 2. The van der Waals surface area contributed by atoms with Crippen molar-refractivity contribution in [1.29, 1.82) is 5.26 Å². The van der Waals surface area contributed by atoms with Gasteiger partial charge in [-0.15, -0.1) is 0 Å². The van der Waals surface area contributed by atoms with Crippen LogP contribution in [0.4, 0.5) is 0 Å². The summed E-state index contributed by atoms with van der Waals surface area (Å²) in [6.07, 6.45) is 1.16. The molecule has 1 N–H and O–H groups in total. The van der Waals surface area contributed by atoms with Crippen LogP contribution in [0.5, 0.6) is 0 Å². The number of rotatable bonds is 6. The minimum Gasteiger partial charge on any atom is -0.355 e. The van der Waals surface area contributed by atoms with E-state index in [1.54, 1.807) is 12.1 Å². The van der Waals surface area contributed by atoms with E-state index in [-0.39, 0.29) is 11.8 Å². The summed E-state index contributed by atoms with van der Waals surface area (Å²) in [4.78, 5) is 27.8. The van der Waals surface area contributed by atoms with Gasteiger partial charge in [-0.3, -0.25) is 14.5 Å². The molecule has 6 heteroatoms. The molecule has 0 saturated carbocycles. The SMILES string of the molecule is CCNC(=O)CN1CCN(C(=O)CCc2ccc(C#N)cc2)CC1. The van der Waals surface area contributed by atoms with E-state index in [1.165, 1.54) is 0 Å². The number of hydrogen-bond acceptors (Lipinski definition) is 4. The lowest BCUT2D eigenvalue weighted by Gasteiger charge is -2.34. The number of carbonyl (C=O) groups excluding carboxylic acids is 2. The van der Waals surface area contributed by atoms with Crippen LogP contribution in [0.25, 0.3) is 0 Å². The maximum atomic E-state index is 12.3. The quantitative estimate of drug-likeness (QED) is 0.837. The lowest BCUT2D eigenvalue weighted by molar-refractivity contribution is -0.133. The Morgan fingerprint density at radius 2 is 1.83 bits per heavy atom. The minimum absolute atomic E-state index is 0.0399. The summed E-state index contributed by atoms with van der Waals surface area (Å²) in [5.41, 5.74) is 1.70. The van der Waals surface area contributed by atoms with Crippen molar-refractivity contribution in [2.75, 3.05) is 39.3 Å². The first-order valence-corrected chi connectivity index (χ1v) is 8.38. The van der Waals surface area contributed by atoms with Gasteiger partial charge in [0.05, 0.1) is 18.2 Å². The molecule has 1 saturated heterocycles. The van der Waals surface area contributed by atoms with E-state index in [0.717, 1.165) is 18.7 Å². The Balaban J connectivity index is 1.72. The zero-order valence-electron chi connectivity index (χ0n) is 14.1. The first-order valence-electron chi connectivity index (χ1n) is 8.38. The zero-order valence-corrected chi connectivity index (χ0v) is 14.1. The van der Waals surface area contributed by atoms with Crippen LogP contribution < -0.4 is 5.32 Å². The van der Waals surface area contributed by atoms with E-state index in [9.17, 15) is 9.59 Å². The van der Waals surface area contributed by atoms with E-state index in [2.05, 4.69) is 16.3 Å².